The molecule has 0 saturated heterocycles. The monoisotopic (exact) mass is 182 g/mol. The molecule has 1 N–H and O–H groups in total. The molecule has 2 rings (SSSR count). The zero-order valence-corrected chi connectivity index (χ0v) is 7.85. The molecular weight excluding hydrogens is 170 g/mol. The molecule has 1 aromatic carbocycles. The second kappa shape index (κ2) is 4.38. The van der Waals surface area contributed by atoms with Gasteiger partial charge in [-0.2, -0.15) is 0 Å². The summed E-state index contributed by atoms with van der Waals surface area (Å²) in [5.41, 5.74) is 2.42. The molecule has 0 bridgehead atoms. The second-order valence-electron chi connectivity index (χ2n) is 3.08. The van der Waals surface area contributed by atoms with Crippen LogP contribution in [0.15, 0.2) is 54.9 Å². The van der Waals surface area contributed by atoms with Crippen LogP contribution in [0.4, 0.5) is 0 Å². The zero-order chi connectivity index (χ0) is 9.64. The van der Waals surface area contributed by atoms with Crippen LogP contribution >= 0.6 is 0 Å². The Morgan fingerprint density at radius 3 is 1.93 bits per heavy atom. The standard InChI is InChI=1S/C13H11N/c1-2-4-12(5-3-1)6-7-13-8-10-14-11-9-13/h1-11H/p+1/b7-6-. The van der Waals surface area contributed by atoms with Crippen molar-refractivity contribution in [2.75, 3.05) is 0 Å². The summed E-state index contributed by atoms with van der Waals surface area (Å²) in [5, 5.41) is 0. The maximum Gasteiger partial charge on any atom is 0.167 e. The average Bonchev–Trinajstić information content (AvgIpc) is 2.29. The second-order valence-corrected chi connectivity index (χ2v) is 3.08. The third-order valence-electron chi connectivity index (χ3n) is 2.01. The van der Waals surface area contributed by atoms with Crippen molar-refractivity contribution >= 4 is 12.2 Å². The maximum absolute atomic E-state index is 3.00. The van der Waals surface area contributed by atoms with Crippen molar-refractivity contribution in [3.05, 3.63) is 66.0 Å². The molecule has 0 unspecified atom stereocenters. The number of hydrogen-bond donors (Lipinski definition) is 0. The number of hydrogen-bond acceptors (Lipinski definition) is 0. The Bertz CT molecular complexity index is 362. The first-order valence-corrected chi connectivity index (χ1v) is 4.64. The van der Waals surface area contributed by atoms with Crippen LogP contribution in [0.3, 0.4) is 0 Å². The number of H-pyrrole nitrogens is 1. The Kier molecular flexibility index (Phi) is 2.72. The molecule has 68 valence electrons. The highest BCUT2D eigenvalue weighted by Crippen LogP contribution is 2.05. The molecule has 0 aliphatic carbocycles. The number of pyridine rings is 1. The fourth-order valence-corrected chi connectivity index (χ4v) is 1.27. The summed E-state index contributed by atoms with van der Waals surface area (Å²) in [6.07, 6.45) is 8.05. The minimum atomic E-state index is 1.20. The van der Waals surface area contributed by atoms with Gasteiger partial charge < -0.3 is 0 Å². The first kappa shape index (κ1) is 8.70. The van der Waals surface area contributed by atoms with E-state index in [1.807, 2.05) is 42.7 Å². The molecule has 0 amide bonds. The number of aromatic amines is 1. The molecule has 14 heavy (non-hydrogen) atoms. The van der Waals surface area contributed by atoms with Gasteiger partial charge in [0.05, 0.1) is 0 Å². The van der Waals surface area contributed by atoms with Crippen LogP contribution in [0.5, 0.6) is 0 Å². The highest BCUT2D eigenvalue weighted by Gasteiger charge is 1.87. The molecule has 0 spiro atoms. The molecule has 1 nitrogen and oxygen atoms in total. The van der Waals surface area contributed by atoms with Gasteiger partial charge in [0.15, 0.2) is 12.4 Å². The number of rotatable bonds is 2. The lowest BCUT2D eigenvalue weighted by Crippen LogP contribution is -1.96. The lowest BCUT2D eigenvalue weighted by atomic mass is 10.2. The predicted octanol–water partition coefficient (Wildman–Crippen LogP) is 2.67. The van der Waals surface area contributed by atoms with Crippen molar-refractivity contribution in [2.45, 2.75) is 0 Å². The third-order valence-corrected chi connectivity index (χ3v) is 2.01. The van der Waals surface area contributed by atoms with E-state index in [1.165, 1.54) is 11.1 Å². The van der Waals surface area contributed by atoms with E-state index in [-0.39, 0.29) is 0 Å². The topological polar surface area (TPSA) is 14.1 Å². The molecule has 0 aliphatic heterocycles. The largest absolute Gasteiger partial charge is 0.218 e. The predicted molar refractivity (Wildman–Crippen MR) is 58.4 cm³/mol. The highest BCUT2D eigenvalue weighted by atomic mass is 14.6. The molecule has 1 heterocycles. The highest BCUT2D eigenvalue weighted by molar-refractivity contribution is 5.68. The normalized spacial score (nSPS) is 10.6. The van der Waals surface area contributed by atoms with Gasteiger partial charge in [-0.25, -0.2) is 4.98 Å². The van der Waals surface area contributed by atoms with Gasteiger partial charge in [0, 0.05) is 12.1 Å². The lowest BCUT2D eigenvalue weighted by Gasteiger charge is -1.91. The minimum absolute atomic E-state index is 1.20. The maximum atomic E-state index is 3.00. The zero-order valence-electron chi connectivity index (χ0n) is 7.85. The van der Waals surface area contributed by atoms with Crippen molar-refractivity contribution in [3.63, 3.8) is 0 Å². The average molecular weight is 182 g/mol. The van der Waals surface area contributed by atoms with Gasteiger partial charge in [0.2, 0.25) is 0 Å². The van der Waals surface area contributed by atoms with Crippen LogP contribution in [0.2, 0.25) is 0 Å². The minimum Gasteiger partial charge on any atom is -0.218 e. The van der Waals surface area contributed by atoms with Gasteiger partial charge in [-0.05, 0) is 11.1 Å². The van der Waals surface area contributed by atoms with Gasteiger partial charge in [0.1, 0.15) is 0 Å². The van der Waals surface area contributed by atoms with Crippen LogP contribution in [0.25, 0.3) is 12.2 Å². The van der Waals surface area contributed by atoms with Gasteiger partial charge in [-0.1, -0.05) is 42.5 Å². The lowest BCUT2D eigenvalue weighted by molar-refractivity contribution is -0.378. The van der Waals surface area contributed by atoms with Crippen LogP contribution < -0.4 is 4.98 Å². The summed E-state index contributed by atoms with van der Waals surface area (Å²) in [4.78, 5) is 3.00. The third kappa shape index (κ3) is 2.30. The van der Waals surface area contributed by atoms with Crippen LogP contribution in [-0.2, 0) is 0 Å². The van der Waals surface area contributed by atoms with E-state index in [2.05, 4.69) is 29.3 Å². The Labute approximate surface area is 83.7 Å². The number of benzene rings is 1. The van der Waals surface area contributed by atoms with Crippen molar-refractivity contribution in [2.24, 2.45) is 0 Å². The van der Waals surface area contributed by atoms with Gasteiger partial charge in [-0.3, -0.25) is 0 Å². The van der Waals surface area contributed by atoms with Crippen LogP contribution in [0.1, 0.15) is 11.1 Å². The molecule has 1 heteroatoms. The van der Waals surface area contributed by atoms with Crippen molar-refractivity contribution in [1.29, 1.82) is 0 Å². The van der Waals surface area contributed by atoms with E-state index in [1.54, 1.807) is 0 Å². The van der Waals surface area contributed by atoms with E-state index in [0.29, 0.717) is 0 Å². The van der Waals surface area contributed by atoms with E-state index in [9.17, 15) is 0 Å². The van der Waals surface area contributed by atoms with Crippen molar-refractivity contribution in [3.8, 4) is 0 Å². The molecule has 0 saturated carbocycles. The molecule has 0 aliphatic rings. The number of aromatic nitrogens is 1. The molecule has 2 aromatic rings. The Morgan fingerprint density at radius 2 is 1.29 bits per heavy atom. The van der Waals surface area contributed by atoms with Crippen LogP contribution in [-0.4, -0.2) is 0 Å². The summed E-state index contributed by atoms with van der Waals surface area (Å²) < 4.78 is 0. The SMILES string of the molecule is C(=C/c1cc[nH+]cc1)/c1ccccc1. The van der Waals surface area contributed by atoms with Gasteiger partial charge in [0.25, 0.3) is 0 Å². The summed E-state index contributed by atoms with van der Waals surface area (Å²) in [6.45, 7) is 0. The van der Waals surface area contributed by atoms with Crippen molar-refractivity contribution in [1.82, 2.24) is 0 Å². The molecule has 0 atom stereocenters. The van der Waals surface area contributed by atoms with E-state index < -0.39 is 0 Å². The Balaban J connectivity index is 2.16. The van der Waals surface area contributed by atoms with E-state index in [4.69, 9.17) is 0 Å². The van der Waals surface area contributed by atoms with E-state index in [0.717, 1.165) is 0 Å². The van der Waals surface area contributed by atoms with E-state index >= 15 is 0 Å². The van der Waals surface area contributed by atoms with Crippen molar-refractivity contribution < 1.29 is 4.98 Å². The summed E-state index contributed by atoms with van der Waals surface area (Å²) in [5.74, 6) is 0. The summed E-state index contributed by atoms with van der Waals surface area (Å²) >= 11 is 0. The summed E-state index contributed by atoms with van der Waals surface area (Å²) in [6, 6.07) is 14.4. The Hall–Kier alpha value is -1.89. The fraction of sp³-hybridized carbons (Fsp3) is 0. The number of nitrogens with one attached hydrogen (secondary N) is 1. The van der Waals surface area contributed by atoms with Gasteiger partial charge in [-0.15, -0.1) is 0 Å². The fourth-order valence-electron chi connectivity index (χ4n) is 1.27. The smallest absolute Gasteiger partial charge is 0.167 e. The Morgan fingerprint density at radius 1 is 0.714 bits per heavy atom. The molecule has 0 radical (unpaired) electrons. The van der Waals surface area contributed by atoms with Gasteiger partial charge >= 0.3 is 0 Å². The molecular formula is C13H12N+. The van der Waals surface area contributed by atoms with Crippen LogP contribution in [0, 0.1) is 0 Å². The summed E-state index contributed by atoms with van der Waals surface area (Å²) in [7, 11) is 0. The first-order valence-electron chi connectivity index (χ1n) is 4.64. The molecule has 1 aromatic heterocycles. The molecule has 0 fully saturated rings. The first-order chi connectivity index (χ1) is 6.95. The quantitative estimate of drug-likeness (QED) is 0.678.